The summed E-state index contributed by atoms with van der Waals surface area (Å²) < 4.78 is 33.0. The number of ether oxygens (including phenoxy) is 1. The van der Waals surface area contributed by atoms with Crippen LogP contribution < -0.4 is 10.5 Å². The first-order valence-electron chi connectivity index (χ1n) is 5.76. The molecule has 0 aliphatic carbocycles. The van der Waals surface area contributed by atoms with E-state index in [0.717, 1.165) is 0 Å². The lowest BCUT2D eigenvalue weighted by Gasteiger charge is -2.07. The van der Waals surface area contributed by atoms with Gasteiger partial charge in [0.15, 0.2) is 0 Å². The van der Waals surface area contributed by atoms with Crippen LogP contribution >= 0.6 is 0 Å². The van der Waals surface area contributed by atoms with Crippen molar-refractivity contribution < 1.29 is 13.2 Å². The fraction of sp³-hybridized carbons (Fsp3) is 0.700. The highest BCUT2D eigenvalue weighted by atomic mass is 32.2. The van der Waals surface area contributed by atoms with Gasteiger partial charge >= 0.3 is 0 Å². The van der Waals surface area contributed by atoms with Gasteiger partial charge in [-0.05, 0) is 20.3 Å². The number of aromatic nitrogens is 2. The van der Waals surface area contributed by atoms with Crippen LogP contribution in [-0.4, -0.2) is 38.0 Å². The molecule has 0 bridgehead atoms. The molecule has 0 aliphatic rings. The van der Waals surface area contributed by atoms with E-state index in [9.17, 15) is 8.42 Å². The summed E-state index contributed by atoms with van der Waals surface area (Å²) in [5, 5.41) is 3.98. The van der Waals surface area contributed by atoms with E-state index in [0.29, 0.717) is 31.9 Å². The normalized spacial score (nSPS) is 11.9. The molecule has 0 aliphatic heterocycles. The average Bonchev–Trinajstić information content (AvgIpc) is 2.53. The molecule has 8 heteroatoms. The van der Waals surface area contributed by atoms with Crippen LogP contribution in [0.5, 0.6) is 0 Å². The van der Waals surface area contributed by atoms with Gasteiger partial charge < -0.3 is 10.5 Å². The van der Waals surface area contributed by atoms with Gasteiger partial charge in [0.05, 0.1) is 5.69 Å². The summed E-state index contributed by atoms with van der Waals surface area (Å²) in [5.41, 5.74) is 6.09. The number of sulfonamides is 1. The lowest BCUT2D eigenvalue weighted by atomic mass is 10.5. The molecule has 0 atom stereocenters. The Morgan fingerprint density at radius 1 is 1.50 bits per heavy atom. The Labute approximate surface area is 107 Å². The van der Waals surface area contributed by atoms with E-state index in [1.54, 1.807) is 14.0 Å². The van der Waals surface area contributed by atoms with Crippen LogP contribution in [0.1, 0.15) is 19.0 Å². The fourth-order valence-corrected chi connectivity index (χ4v) is 2.98. The Kier molecular flexibility index (Phi) is 5.12. The van der Waals surface area contributed by atoms with Gasteiger partial charge in [-0.15, -0.1) is 0 Å². The van der Waals surface area contributed by atoms with Crippen LogP contribution in [0.25, 0.3) is 0 Å². The Balaban J connectivity index is 2.69. The second kappa shape index (κ2) is 6.17. The van der Waals surface area contributed by atoms with E-state index >= 15 is 0 Å². The van der Waals surface area contributed by atoms with Gasteiger partial charge in [-0.2, -0.15) is 5.10 Å². The summed E-state index contributed by atoms with van der Waals surface area (Å²) in [6.07, 6.45) is 0.617. The molecule has 18 heavy (non-hydrogen) atoms. The van der Waals surface area contributed by atoms with E-state index in [-0.39, 0.29) is 10.7 Å². The first-order valence-corrected chi connectivity index (χ1v) is 7.25. The first-order chi connectivity index (χ1) is 8.40. The Hall–Kier alpha value is -1.12. The molecule has 104 valence electrons. The number of hydrogen-bond acceptors (Lipinski definition) is 5. The summed E-state index contributed by atoms with van der Waals surface area (Å²) in [6.45, 7) is 4.98. The molecule has 0 saturated carbocycles. The molecule has 0 saturated heterocycles. The van der Waals surface area contributed by atoms with E-state index in [4.69, 9.17) is 10.5 Å². The molecular formula is C10H20N4O3S. The van der Waals surface area contributed by atoms with Gasteiger partial charge in [0.25, 0.3) is 0 Å². The van der Waals surface area contributed by atoms with Crippen molar-refractivity contribution in [2.45, 2.75) is 25.2 Å². The Morgan fingerprint density at radius 2 is 2.17 bits per heavy atom. The molecule has 0 unspecified atom stereocenters. The van der Waals surface area contributed by atoms with Crippen molar-refractivity contribution in [1.82, 2.24) is 14.5 Å². The number of anilines is 1. The van der Waals surface area contributed by atoms with Crippen LogP contribution in [0.3, 0.4) is 0 Å². The molecular weight excluding hydrogens is 256 g/mol. The minimum atomic E-state index is -3.60. The Bertz CT molecular complexity index is 495. The molecule has 1 rings (SSSR count). The predicted molar refractivity (Wildman–Crippen MR) is 68.7 cm³/mol. The van der Waals surface area contributed by atoms with Crippen molar-refractivity contribution in [3.63, 3.8) is 0 Å². The molecule has 0 amide bonds. The smallest absolute Gasteiger partial charge is 0.246 e. The molecule has 1 aromatic rings. The fourth-order valence-electron chi connectivity index (χ4n) is 1.59. The molecule has 3 N–H and O–H groups in total. The van der Waals surface area contributed by atoms with Crippen LogP contribution in [-0.2, 0) is 21.8 Å². The molecule has 0 spiro atoms. The number of nitrogen functional groups attached to an aromatic ring is 1. The van der Waals surface area contributed by atoms with Gasteiger partial charge in [-0.25, -0.2) is 13.1 Å². The molecule has 0 fully saturated rings. The number of nitrogens with zero attached hydrogens (tertiary/aromatic N) is 2. The largest absolute Gasteiger partial charge is 0.383 e. The van der Waals surface area contributed by atoms with Crippen molar-refractivity contribution in [3.05, 3.63) is 5.69 Å². The summed E-state index contributed by atoms with van der Waals surface area (Å²) >= 11 is 0. The third-order valence-electron chi connectivity index (χ3n) is 2.44. The second-order valence-electron chi connectivity index (χ2n) is 3.87. The van der Waals surface area contributed by atoms with Gasteiger partial charge in [0.1, 0.15) is 10.7 Å². The van der Waals surface area contributed by atoms with Crippen molar-refractivity contribution >= 4 is 15.8 Å². The molecule has 0 radical (unpaired) electrons. The molecule has 7 nitrogen and oxygen atoms in total. The molecule has 0 aromatic carbocycles. The highest BCUT2D eigenvalue weighted by Gasteiger charge is 2.23. The highest BCUT2D eigenvalue weighted by molar-refractivity contribution is 7.89. The topological polar surface area (TPSA) is 99.2 Å². The third kappa shape index (κ3) is 3.44. The highest BCUT2D eigenvalue weighted by Crippen LogP contribution is 2.20. The lowest BCUT2D eigenvalue weighted by molar-refractivity contribution is 0.146. The van der Waals surface area contributed by atoms with Crippen molar-refractivity contribution in [3.8, 4) is 0 Å². The van der Waals surface area contributed by atoms with E-state index in [1.807, 2.05) is 6.92 Å². The maximum atomic E-state index is 12.0. The van der Waals surface area contributed by atoms with E-state index in [1.165, 1.54) is 4.68 Å². The number of nitrogens with one attached hydrogen (secondary N) is 1. The summed E-state index contributed by atoms with van der Waals surface area (Å²) in [7, 11) is -1.99. The van der Waals surface area contributed by atoms with Gasteiger partial charge in [0.2, 0.25) is 10.0 Å². The predicted octanol–water partition coefficient (Wildman–Crippen LogP) is 0.0156. The van der Waals surface area contributed by atoms with E-state index in [2.05, 4.69) is 9.82 Å². The van der Waals surface area contributed by atoms with Crippen LogP contribution in [0, 0.1) is 6.92 Å². The SMILES string of the molecule is CCOCCCNS(=O)(=O)c1c(C)nn(C)c1N. The quantitative estimate of drug-likeness (QED) is 0.684. The second-order valence-corrected chi connectivity index (χ2v) is 5.58. The standard InChI is InChI=1S/C10H20N4O3S/c1-4-17-7-5-6-12-18(15,16)9-8(2)13-14(3)10(9)11/h12H,4-7,11H2,1-3H3. The van der Waals surface area contributed by atoms with Gasteiger partial charge in [-0.3, -0.25) is 4.68 Å². The maximum Gasteiger partial charge on any atom is 0.246 e. The number of rotatable bonds is 7. The zero-order valence-corrected chi connectivity index (χ0v) is 11.7. The third-order valence-corrected chi connectivity index (χ3v) is 4.07. The zero-order chi connectivity index (χ0) is 13.8. The number of aryl methyl sites for hydroxylation is 2. The van der Waals surface area contributed by atoms with Crippen molar-refractivity contribution in [2.75, 3.05) is 25.5 Å². The number of nitrogens with two attached hydrogens (primary N) is 1. The van der Waals surface area contributed by atoms with E-state index < -0.39 is 10.0 Å². The zero-order valence-electron chi connectivity index (χ0n) is 10.9. The molecule has 1 heterocycles. The van der Waals surface area contributed by atoms with Gasteiger partial charge in [-0.1, -0.05) is 0 Å². The Morgan fingerprint density at radius 3 is 2.67 bits per heavy atom. The maximum absolute atomic E-state index is 12.0. The summed E-state index contributed by atoms with van der Waals surface area (Å²) in [6, 6.07) is 0. The molecule has 1 aromatic heterocycles. The van der Waals surface area contributed by atoms with Crippen LogP contribution in [0.4, 0.5) is 5.82 Å². The lowest BCUT2D eigenvalue weighted by Crippen LogP contribution is -2.26. The van der Waals surface area contributed by atoms with Crippen LogP contribution in [0.2, 0.25) is 0 Å². The minimum absolute atomic E-state index is 0.0569. The van der Waals surface area contributed by atoms with Crippen molar-refractivity contribution in [1.29, 1.82) is 0 Å². The average molecular weight is 276 g/mol. The van der Waals surface area contributed by atoms with Crippen LogP contribution in [0.15, 0.2) is 4.90 Å². The van der Waals surface area contributed by atoms with Crippen molar-refractivity contribution in [2.24, 2.45) is 7.05 Å². The number of hydrogen-bond donors (Lipinski definition) is 2. The summed E-state index contributed by atoms with van der Waals surface area (Å²) in [4.78, 5) is 0.0569. The first kappa shape index (κ1) is 14.9. The summed E-state index contributed by atoms with van der Waals surface area (Å²) in [5.74, 6) is 0.143. The monoisotopic (exact) mass is 276 g/mol. The van der Waals surface area contributed by atoms with Gasteiger partial charge in [0, 0.05) is 26.8 Å². The minimum Gasteiger partial charge on any atom is -0.383 e.